The van der Waals surface area contributed by atoms with Crippen molar-refractivity contribution in [3.63, 3.8) is 0 Å². The number of hydrogen-bond donors (Lipinski definition) is 2. The third kappa shape index (κ3) is 5.98. The summed E-state index contributed by atoms with van der Waals surface area (Å²) in [6.07, 6.45) is 3.27. The summed E-state index contributed by atoms with van der Waals surface area (Å²) in [7, 11) is 1.34. The lowest BCUT2D eigenvalue weighted by molar-refractivity contribution is -0.141. The number of amides is 2. The minimum Gasteiger partial charge on any atom is -0.468 e. The van der Waals surface area contributed by atoms with E-state index in [0.29, 0.717) is 10.6 Å². The van der Waals surface area contributed by atoms with Gasteiger partial charge in [0, 0.05) is 33.2 Å². The summed E-state index contributed by atoms with van der Waals surface area (Å²) >= 11 is 5.95. The number of carbonyl (C=O) groups is 3. The van der Waals surface area contributed by atoms with E-state index >= 15 is 0 Å². The number of para-hydroxylation sites is 1. The molecule has 3 rings (SSSR count). The maximum Gasteiger partial charge on any atom is 0.325 e. The van der Waals surface area contributed by atoms with Gasteiger partial charge in [-0.25, -0.2) is 5.43 Å². The fraction of sp³-hybridized carbons (Fsp3) is 0.250. The molecule has 33 heavy (non-hydrogen) atoms. The standard InChI is InChI=1S/C24H25ClN4O4/c1-15(2)22(27-23(31)16-7-6-8-18(25)11-16)24(32)28-26-12-17-13-29(14-21(30)33-3)20-10-5-4-9-19(17)20/h4-13,15,22H,14H2,1-3H3,(H,27,31)(H,28,32). The predicted molar refractivity (Wildman–Crippen MR) is 127 cm³/mol. The molecule has 172 valence electrons. The number of hydrazone groups is 1. The minimum absolute atomic E-state index is 0.0577. The van der Waals surface area contributed by atoms with Crippen LogP contribution in [0.3, 0.4) is 0 Å². The molecule has 0 aliphatic heterocycles. The van der Waals surface area contributed by atoms with Crippen LogP contribution in [-0.2, 0) is 20.9 Å². The first kappa shape index (κ1) is 24.0. The van der Waals surface area contributed by atoms with Crippen LogP contribution in [0, 0.1) is 5.92 Å². The van der Waals surface area contributed by atoms with E-state index < -0.39 is 17.9 Å². The van der Waals surface area contributed by atoms with Crippen LogP contribution in [-0.4, -0.2) is 41.7 Å². The lowest BCUT2D eigenvalue weighted by atomic mass is 10.0. The summed E-state index contributed by atoms with van der Waals surface area (Å²) in [5, 5.41) is 8.11. The van der Waals surface area contributed by atoms with Gasteiger partial charge < -0.3 is 14.6 Å². The van der Waals surface area contributed by atoms with Gasteiger partial charge in [0.15, 0.2) is 0 Å². The third-order valence-electron chi connectivity index (χ3n) is 5.05. The highest BCUT2D eigenvalue weighted by Gasteiger charge is 2.24. The monoisotopic (exact) mass is 468 g/mol. The zero-order valence-corrected chi connectivity index (χ0v) is 19.3. The molecule has 2 amide bonds. The summed E-state index contributed by atoms with van der Waals surface area (Å²) in [5.74, 6) is -1.40. The van der Waals surface area contributed by atoms with E-state index in [2.05, 4.69) is 15.8 Å². The van der Waals surface area contributed by atoms with Crippen molar-refractivity contribution in [2.75, 3.05) is 7.11 Å². The van der Waals surface area contributed by atoms with Gasteiger partial charge in [-0.3, -0.25) is 14.4 Å². The van der Waals surface area contributed by atoms with E-state index in [0.717, 1.165) is 16.5 Å². The fourth-order valence-electron chi connectivity index (χ4n) is 3.34. The van der Waals surface area contributed by atoms with Crippen LogP contribution in [0.15, 0.2) is 59.8 Å². The molecule has 1 heterocycles. The molecule has 1 unspecified atom stereocenters. The van der Waals surface area contributed by atoms with Crippen LogP contribution in [0.5, 0.6) is 0 Å². The number of fused-ring (bicyclic) bond motifs is 1. The van der Waals surface area contributed by atoms with Crippen LogP contribution in [0.2, 0.25) is 5.02 Å². The number of benzene rings is 2. The van der Waals surface area contributed by atoms with Gasteiger partial charge in [-0.15, -0.1) is 0 Å². The largest absolute Gasteiger partial charge is 0.468 e. The zero-order chi connectivity index (χ0) is 24.0. The molecule has 0 aliphatic rings. The molecule has 0 saturated carbocycles. The van der Waals surface area contributed by atoms with Gasteiger partial charge in [0.2, 0.25) is 0 Å². The van der Waals surface area contributed by atoms with Crippen molar-refractivity contribution in [1.82, 2.24) is 15.3 Å². The van der Waals surface area contributed by atoms with Gasteiger partial charge in [0.05, 0.1) is 13.3 Å². The average Bonchev–Trinajstić information content (AvgIpc) is 3.14. The fourth-order valence-corrected chi connectivity index (χ4v) is 3.53. The zero-order valence-electron chi connectivity index (χ0n) is 18.5. The first-order chi connectivity index (χ1) is 15.8. The Morgan fingerprint density at radius 2 is 1.91 bits per heavy atom. The number of nitrogens with zero attached hydrogens (tertiary/aromatic N) is 2. The van der Waals surface area contributed by atoms with Crippen LogP contribution in [0.4, 0.5) is 0 Å². The Balaban J connectivity index is 1.73. The molecule has 8 nitrogen and oxygen atoms in total. The normalized spacial score (nSPS) is 12.2. The molecule has 0 spiro atoms. The van der Waals surface area contributed by atoms with Crippen molar-refractivity contribution in [2.45, 2.75) is 26.4 Å². The number of hydrogen-bond acceptors (Lipinski definition) is 5. The van der Waals surface area contributed by atoms with Crippen molar-refractivity contribution in [3.05, 3.63) is 70.9 Å². The van der Waals surface area contributed by atoms with Crippen molar-refractivity contribution >= 4 is 46.5 Å². The van der Waals surface area contributed by atoms with E-state index in [1.54, 1.807) is 29.0 Å². The molecular formula is C24H25ClN4O4. The van der Waals surface area contributed by atoms with Crippen molar-refractivity contribution in [2.24, 2.45) is 11.0 Å². The van der Waals surface area contributed by atoms with Crippen LogP contribution in [0.1, 0.15) is 29.8 Å². The van der Waals surface area contributed by atoms with Crippen LogP contribution >= 0.6 is 11.6 Å². The minimum atomic E-state index is -0.797. The third-order valence-corrected chi connectivity index (χ3v) is 5.28. The van der Waals surface area contributed by atoms with Gasteiger partial charge in [0.1, 0.15) is 12.6 Å². The van der Waals surface area contributed by atoms with E-state index in [4.69, 9.17) is 16.3 Å². The molecule has 9 heteroatoms. The van der Waals surface area contributed by atoms with Crippen molar-refractivity contribution < 1.29 is 19.1 Å². The molecule has 1 aromatic heterocycles. The van der Waals surface area contributed by atoms with E-state index in [1.165, 1.54) is 19.4 Å². The maximum atomic E-state index is 12.7. The van der Waals surface area contributed by atoms with E-state index in [9.17, 15) is 14.4 Å². The molecule has 0 saturated heterocycles. The first-order valence-corrected chi connectivity index (χ1v) is 10.7. The molecule has 2 aromatic carbocycles. The Hall–Kier alpha value is -3.65. The van der Waals surface area contributed by atoms with Gasteiger partial charge in [-0.2, -0.15) is 5.10 Å². The highest BCUT2D eigenvalue weighted by atomic mass is 35.5. The summed E-state index contributed by atoms with van der Waals surface area (Å²) in [6, 6.07) is 13.2. The lowest BCUT2D eigenvalue weighted by Gasteiger charge is -2.20. The average molecular weight is 469 g/mol. The number of rotatable bonds is 8. The maximum absolute atomic E-state index is 12.7. The number of ether oxygens (including phenoxy) is 1. The van der Waals surface area contributed by atoms with Gasteiger partial charge in [-0.1, -0.05) is 49.7 Å². The SMILES string of the molecule is COC(=O)Cn1cc(C=NNC(=O)C(NC(=O)c2cccc(Cl)c2)C(C)C)c2ccccc21. The quantitative estimate of drug-likeness (QED) is 0.300. The van der Waals surface area contributed by atoms with Gasteiger partial charge in [0.25, 0.3) is 11.8 Å². The Kier molecular flexibility index (Phi) is 7.84. The molecule has 1 atom stereocenters. The highest BCUT2D eigenvalue weighted by Crippen LogP contribution is 2.20. The second kappa shape index (κ2) is 10.8. The van der Waals surface area contributed by atoms with Crippen LogP contribution < -0.4 is 10.7 Å². The molecule has 0 bridgehead atoms. The highest BCUT2D eigenvalue weighted by molar-refractivity contribution is 6.31. The number of carbonyl (C=O) groups excluding carboxylic acids is 3. The summed E-state index contributed by atoms with van der Waals surface area (Å²) in [5.41, 5.74) is 4.42. The number of esters is 1. The Morgan fingerprint density at radius 3 is 2.61 bits per heavy atom. The summed E-state index contributed by atoms with van der Waals surface area (Å²) in [4.78, 5) is 37.0. The second-order valence-corrected chi connectivity index (χ2v) is 8.18. The van der Waals surface area contributed by atoms with Gasteiger partial charge in [-0.05, 0) is 30.2 Å². The topological polar surface area (TPSA) is 102 Å². The number of nitrogens with one attached hydrogen (secondary N) is 2. The van der Waals surface area contributed by atoms with E-state index in [1.807, 2.05) is 38.1 Å². The Morgan fingerprint density at radius 1 is 1.15 bits per heavy atom. The smallest absolute Gasteiger partial charge is 0.325 e. The van der Waals surface area contributed by atoms with Crippen molar-refractivity contribution in [3.8, 4) is 0 Å². The first-order valence-electron chi connectivity index (χ1n) is 10.3. The second-order valence-electron chi connectivity index (χ2n) is 7.75. The molecule has 3 aromatic rings. The molecular weight excluding hydrogens is 444 g/mol. The number of halogens is 1. The predicted octanol–water partition coefficient (Wildman–Crippen LogP) is 3.37. The van der Waals surface area contributed by atoms with Crippen molar-refractivity contribution in [1.29, 1.82) is 0 Å². The number of aromatic nitrogens is 1. The molecule has 0 aliphatic carbocycles. The summed E-state index contributed by atoms with van der Waals surface area (Å²) in [6.45, 7) is 3.71. The Labute approximate surface area is 196 Å². The van der Waals surface area contributed by atoms with E-state index in [-0.39, 0.29) is 18.4 Å². The summed E-state index contributed by atoms with van der Waals surface area (Å²) < 4.78 is 6.51. The lowest BCUT2D eigenvalue weighted by Crippen LogP contribution is -2.48. The van der Waals surface area contributed by atoms with Crippen LogP contribution in [0.25, 0.3) is 10.9 Å². The molecule has 0 radical (unpaired) electrons. The Bertz CT molecular complexity index is 1200. The molecule has 0 fully saturated rings. The number of methoxy groups -OCH3 is 1. The van der Waals surface area contributed by atoms with Gasteiger partial charge >= 0.3 is 5.97 Å². The molecule has 2 N–H and O–H groups in total.